The van der Waals surface area contributed by atoms with Crippen molar-refractivity contribution >= 4 is 34.2 Å². The summed E-state index contributed by atoms with van der Waals surface area (Å²) in [5.41, 5.74) is -2.72. The van der Waals surface area contributed by atoms with Crippen LogP contribution in [0.1, 0.15) is 29.4 Å². The molecular formula is C19H18F3N3O4S. The van der Waals surface area contributed by atoms with Gasteiger partial charge in [0.1, 0.15) is 5.75 Å². The number of alkyl halides is 3. The molecule has 0 saturated carbocycles. The fraction of sp³-hybridized carbons (Fsp3) is 0.316. The molecule has 2 aromatic rings. The zero-order valence-electron chi connectivity index (χ0n) is 16.0. The summed E-state index contributed by atoms with van der Waals surface area (Å²) < 4.78 is 50.9. The van der Waals surface area contributed by atoms with E-state index in [0.717, 1.165) is 11.3 Å². The van der Waals surface area contributed by atoms with Crippen molar-refractivity contribution in [3.8, 4) is 5.75 Å². The smallest absolute Gasteiger partial charge is 0.438 e. The van der Waals surface area contributed by atoms with Crippen molar-refractivity contribution in [1.82, 2.24) is 4.98 Å². The minimum Gasteiger partial charge on any atom is -0.497 e. The lowest BCUT2D eigenvalue weighted by atomic mass is 10.1. The first-order chi connectivity index (χ1) is 14.2. The van der Waals surface area contributed by atoms with Gasteiger partial charge in [-0.2, -0.15) is 23.3 Å². The van der Waals surface area contributed by atoms with Crippen LogP contribution in [-0.4, -0.2) is 47.4 Å². The summed E-state index contributed by atoms with van der Waals surface area (Å²) in [6, 6.07) is 6.87. The summed E-state index contributed by atoms with van der Waals surface area (Å²) in [5.74, 6) is -0.123. The number of esters is 1. The van der Waals surface area contributed by atoms with Crippen LogP contribution in [-0.2, 0) is 4.74 Å². The van der Waals surface area contributed by atoms with Gasteiger partial charge in [0, 0.05) is 5.38 Å². The maximum atomic E-state index is 13.7. The van der Waals surface area contributed by atoms with E-state index in [0.29, 0.717) is 16.3 Å². The zero-order chi connectivity index (χ0) is 21.9. The number of hydrogen-bond donors (Lipinski definition) is 1. The van der Waals surface area contributed by atoms with Crippen molar-refractivity contribution < 1.29 is 32.5 Å². The van der Waals surface area contributed by atoms with Crippen LogP contribution in [0.15, 0.2) is 40.8 Å². The maximum Gasteiger partial charge on any atom is 0.438 e. The Morgan fingerprint density at radius 1 is 1.33 bits per heavy atom. The summed E-state index contributed by atoms with van der Waals surface area (Å²) in [4.78, 5) is 15.6. The maximum absolute atomic E-state index is 13.7. The number of anilines is 1. The topological polar surface area (TPSA) is 84.2 Å². The Morgan fingerprint density at radius 2 is 2.03 bits per heavy atom. The van der Waals surface area contributed by atoms with Crippen molar-refractivity contribution in [2.24, 2.45) is 5.10 Å². The number of hydrogen-bond acceptors (Lipinski definition) is 8. The molecule has 0 unspecified atom stereocenters. The SMILES string of the molecule is CCOC(=O)c1csc(N2N=C(/C=C/c3ccc(OC)cc3)C[C@]2(O)C(F)(F)F)n1. The Bertz CT molecular complexity index is 972. The molecule has 0 fully saturated rings. The molecule has 30 heavy (non-hydrogen) atoms. The fourth-order valence-electron chi connectivity index (χ4n) is 2.66. The second-order valence-electron chi connectivity index (χ2n) is 6.24. The number of thiazole rings is 1. The van der Waals surface area contributed by atoms with Gasteiger partial charge in [0.05, 0.1) is 25.8 Å². The van der Waals surface area contributed by atoms with Gasteiger partial charge in [-0.25, -0.2) is 9.78 Å². The standard InChI is InChI=1S/C19H18F3N3O4S/c1-3-29-16(26)15-11-30-17(23-15)25-18(27,19(20,21)22)10-13(24-25)7-4-12-5-8-14(28-2)9-6-12/h4-9,11,27H,3,10H2,1-2H3/b7-4+/t18-/m0/s1. The van der Waals surface area contributed by atoms with E-state index in [1.165, 1.54) is 18.6 Å². The van der Waals surface area contributed by atoms with Crippen LogP contribution < -0.4 is 9.75 Å². The van der Waals surface area contributed by atoms with Crippen LogP contribution in [0.25, 0.3) is 6.08 Å². The third kappa shape index (κ3) is 4.31. The van der Waals surface area contributed by atoms with Gasteiger partial charge < -0.3 is 14.6 Å². The zero-order valence-corrected chi connectivity index (χ0v) is 16.8. The van der Waals surface area contributed by atoms with Gasteiger partial charge in [0.2, 0.25) is 5.13 Å². The van der Waals surface area contributed by atoms with E-state index < -0.39 is 24.3 Å². The highest BCUT2D eigenvalue weighted by Gasteiger charge is 2.62. The Kier molecular flexibility index (Phi) is 6.13. The number of carbonyl (C=O) groups excluding carboxylic acids is 1. The molecule has 3 rings (SSSR count). The van der Waals surface area contributed by atoms with Gasteiger partial charge in [-0.3, -0.25) is 0 Å². The lowest BCUT2D eigenvalue weighted by Gasteiger charge is -2.32. The molecule has 11 heteroatoms. The number of benzene rings is 1. The summed E-state index contributed by atoms with van der Waals surface area (Å²) in [6.45, 7) is 1.69. The van der Waals surface area contributed by atoms with Crippen molar-refractivity contribution in [2.75, 3.05) is 18.7 Å². The van der Waals surface area contributed by atoms with Gasteiger partial charge >= 0.3 is 12.1 Å². The molecule has 160 valence electrons. The Labute approximate surface area is 174 Å². The molecular weight excluding hydrogens is 423 g/mol. The number of carbonyl (C=O) groups is 1. The summed E-state index contributed by atoms with van der Waals surface area (Å²) in [6.07, 6.45) is -2.84. The molecule has 1 aliphatic rings. The minimum atomic E-state index is -5.01. The number of aromatic nitrogens is 1. The van der Waals surface area contributed by atoms with Crippen LogP contribution in [0.3, 0.4) is 0 Å². The van der Waals surface area contributed by atoms with Gasteiger partial charge in [0.25, 0.3) is 5.72 Å². The van der Waals surface area contributed by atoms with E-state index in [1.807, 2.05) is 0 Å². The summed E-state index contributed by atoms with van der Waals surface area (Å²) >= 11 is 0.749. The van der Waals surface area contributed by atoms with Crippen LogP contribution in [0.4, 0.5) is 18.3 Å². The molecule has 1 aliphatic heterocycles. The van der Waals surface area contributed by atoms with E-state index in [2.05, 4.69) is 10.1 Å². The number of methoxy groups -OCH3 is 1. The van der Waals surface area contributed by atoms with Crippen molar-refractivity contribution in [2.45, 2.75) is 25.2 Å². The lowest BCUT2D eigenvalue weighted by molar-refractivity contribution is -0.254. The number of allylic oxidation sites excluding steroid dienone is 1. The van der Waals surface area contributed by atoms with Crippen LogP contribution >= 0.6 is 11.3 Å². The Balaban J connectivity index is 1.89. The first-order valence-corrected chi connectivity index (χ1v) is 9.67. The van der Waals surface area contributed by atoms with Gasteiger partial charge in [-0.15, -0.1) is 11.3 Å². The Hall–Kier alpha value is -2.92. The van der Waals surface area contributed by atoms with Crippen molar-refractivity contribution in [1.29, 1.82) is 0 Å². The third-order valence-electron chi connectivity index (χ3n) is 4.20. The van der Waals surface area contributed by atoms with E-state index >= 15 is 0 Å². The number of aliphatic hydroxyl groups is 1. The summed E-state index contributed by atoms with van der Waals surface area (Å²) in [5, 5.41) is 15.7. The molecule has 7 nitrogen and oxygen atoms in total. The van der Waals surface area contributed by atoms with Crippen LogP contribution in [0.2, 0.25) is 0 Å². The highest BCUT2D eigenvalue weighted by molar-refractivity contribution is 7.14. The number of nitrogens with zero attached hydrogens (tertiary/aromatic N) is 3. The molecule has 0 spiro atoms. The molecule has 0 saturated heterocycles. The molecule has 1 aromatic carbocycles. The van der Waals surface area contributed by atoms with Crippen LogP contribution in [0, 0.1) is 0 Å². The second kappa shape index (κ2) is 8.44. The summed E-state index contributed by atoms with van der Waals surface area (Å²) in [7, 11) is 1.52. The fourth-order valence-corrected chi connectivity index (χ4v) is 3.46. The number of hydrazone groups is 1. The highest BCUT2D eigenvalue weighted by atomic mass is 32.1. The van der Waals surface area contributed by atoms with E-state index in [9.17, 15) is 23.1 Å². The average Bonchev–Trinajstić information content (AvgIpc) is 3.32. The molecule has 2 heterocycles. The van der Waals surface area contributed by atoms with Gasteiger partial charge in [-0.1, -0.05) is 18.2 Å². The molecule has 0 aliphatic carbocycles. The van der Waals surface area contributed by atoms with E-state index in [-0.39, 0.29) is 23.1 Å². The Morgan fingerprint density at radius 3 is 2.63 bits per heavy atom. The first-order valence-electron chi connectivity index (χ1n) is 8.79. The molecule has 0 bridgehead atoms. The lowest BCUT2D eigenvalue weighted by Crippen LogP contribution is -2.55. The normalized spacial score (nSPS) is 19.3. The molecule has 1 N–H and O–H groups in total. The highest BCUT2D eigenvalue weighted by Crippen LogP contribution is 2.43. The van der Waals surface area contributed by atoms with Crippen LogP contribution in [0.5, 0.6) is 5.75 Å². The predicted molar refractivity (Wildman–Crippen MR) is 106 cm³/mol. The molecule has 0 radical (unpaired) electrons. The number of rotatable bonds is 6. The number of halogens is 3. The number of ether oxygens (including phenoxy) is 2. The monoisotopic (exact) mass is 441 g/mol. The van der Waals surface area contributed by atoms with Crippen molar-refractivity contribution in [3.63, 3.8) is 0 Å². The second-order valence-corrected chi connectivity index (χ2v) is 7.07. The first kappa shape index (κ1) is 21.8. The largest absolute Gasteiger partial charge is 0.497 e. The van der Waals surface area contributed by atoms with Gasteiger partial charge in [0.15, 0.2) is 5.69 Å². The average molecular weight is 441 g/mol. The quantitative estimate of drug-likeness (QED) is 0.686. The van der Waals surface area contributed by atoms with Gasteiger partial charge in [-0.05, 0) is 30.7 Å². The third-order valence-corrected chi connectivity index (χ3v) is 5.02. The molecule has 1 aromatic heterocycles. The van der Waals surface area contributed by atoms with E-state index in [4.69, 9.17) is 9.47 Å². The molecule has 1 atom stereocenters. The predicted octanol–water partition coefficient (Wildman–Crippen LogP) is 3.86. The van der Waals surface area contributed by atoms with E-state index in [1.54, 1.807) is 37.3 Å². The van der Waals surface area contributed by atoms with Crippen molar-refractivity contribution in [3.05, 3.63) is 47.0 Å². The molecule has 0 amide bonds. The minimum absolute atomic E-state index is 0.00136.